The monoisotopic (exact) mass is 799 g/mol. The first-order valence-electron chi connectivity index (χ1n) is 15.6. The maximum Gasteiger partial charge on any atom is 0.296 e. The van der Waals surface area contributed by atoms with Gasteiger partial charge in [-0.3, -0.25) is 39.8 Å². The summed E-state index contributed by atoms with van der Waals surface area (Å²) in [5.74, 6) is -2.66. The van der Waals surface area contributed by atoms with E-state index in [1.807, 2.05) is 0 Å². The van der Waals surface area contributed by atoms with Crippen LogP contribution in [-0.4, -0.2) is 70.6 Å². The number of rotatable bonds is 10. The maximum absolute atomic E-state index is 13.8. The summed E-state index contributed by atoms with van der Waals surface area (Å²) in [5, 5.41) is 39.4. The van der Waals surface area contributed by atoms with E-state index >= 15 is 0 Å². The number of benzene rings is 3. The van der Waals surface area contributed by atoms with E-state index in [1.54, 1.807) is 0 Å². The standard InChI is InChI=1S/C34H25N9O11S2/c35-31-30-17(13-28(55(49,50)51)32(31)42-38-20-5-1-18(2-6-20)36-40-24-11-9-22(44)15-26(24)46)14-29(56(52,53)54)33(34(30)48)43-39-21-7-3-19(4-8-21)37-41-25-12-10-23(45)16-27(25)47/h1-16,36-37,39,46-47H,35H2,(H,49,50,51)(H,52,53,54)/b40-24+,41-25-,42-38?,43-33+. The predicted octanol–water partition coefficient (Wildman–Crippen LogP) is 4.52. The number of aliphatic hydroxyl groups is 2. The van der Waals surface area contributed by atoms with E-state index in [0.717, 1.165) is 24.3 Å². The zero-order valence-corrected chi connectivity index (χ0v) is 29.6. The number of ketones is 3. The van der Waals surface area contributed by atoms with Gasteiger partial charge in [-0.2, -0.15) is 37.3 Å². The smallest absolute Gasteiger partial charge is 0.296 e. The molecular weight excluding hydrogens is 775 g/mol. The van der Waals surface area contributed by atoms with Crippen molar-refractivity contribution in [1.82, 2.24) is 0 Å². The van der Waals surface area contributed by atoms with Gasteiger partial charge in [0.25, 0.3) is 20.2 Å². The second-order valence-corrected chi connectivity index (χ2v) is 14.3. The molecule has 3 aromatic carbocycles. The van der Waals surface area contributed by atoms with Gasteiger partial charge in [-0.25, -0.2) is 0 Å². The Hall–Kier alpha value is -7.40. The molecule has 3 aromatic rings. The number of nitrogen functional groups attached to an aromatic ring is 1. The second-order valence-electron chi connectivity index (χ2n) is 11.5. The molecule has 0 aromatic heterocycles. The summed E-state index contributed by atoms with van der Waals surface area (Å²) in [7, 11) is -10.3. The Kier molecular flexibility index (Phi) is 10.4. The minimum atomic E-state index is -5.17. The molecule has 22 heteroatoms. The highest BCUT2D eigenvalue weighted by atomic mass is 32.2. The Morgan fingerprint density at radius 1 is 0.607 bits per heavy atom. The second kappa shape index (κ2) is 15.2. The number of aliphatic hydroxyl groups excluding tert-OH is 2. The SMILES string of the molecule is Nc1c(N=Nc2ccc(N/N=C3\C=CC(=O)C=C3O)cc2)c(S(=O)(=O)O)cc2c1C(=O)/C(=N/Nc1ccc(N/N=C3/C=CC(=O)C=C3O)cc1)C(S(=O)(=O)O)=C2. The number of hydrogen-bond acceptors (Lipinski definition) is 18. The lowest BCUT2D eigenvalue weighted by Crippen LogP contribution is -2.28. The molecule has 56 heavy (non-hydrogen) atoms. The number of nitrogens with two attached hydrogens (primary N) is 1. The summed E-state index contributed by atoms with van der Waals surface area (Å²) < 4.78 is 69.7. The molecule has 0 aliphatic heterocycles. The number of nitrogens with zero attached hydrogens (tertiary/aromatic N) is 5. The third-order valence-electron chi connectivity index (χ3n) is 7.67. The maximum atomic E-state index is 13.8. The van der Waals surface area contributed by atoms with Gasteiger partial charge in [0.2, 0.25) is 5.78 Å². The highest BCUT2D eigenvalue weighted by Crippen LogP contribution is 2.41. The van der Waals surface area contributed by atoms with E-state index in [2.05, 4.69) is 41.8 Å². The van der Waals surface area contributed by atoms with Crippen LogP contribution in [0.2, 0.25) is 0 Å². The zero-order chi connectivity index (χ0) is 40.4. The van der Waals surface area contributed by atoms with Crippen LogP contribution in [-0.2, 0) is 29.8 Å². The number of fused-ring (bicyclic) bond motifs is 1. The van der Waals surface area contributed by atoms with Crippen LogP contribution in [0.5, 0.6) is 0 Å². The minimum absolute atomic E-state index is 0.0925. The Labute approximate surface area is 315 Å². The van der Waals surface area contributed by atoms with Gasteiger partial charge in [-0.05, 0) is 90.5 Å². The molecule has 0 bridgehead atoms. The number of anilines is 4. The lowest BCUT2D eigenvalue weighted by atomic mass is 9.92. The van der Waals surface area contributed by atoms with Crippen LogP contribution in [0, 0.1) is 0 Å². The summed E-state index contributed by atoms with van der Waals surface area (Å²) in [6, 6.07) is 12.4. The molecule has 6 rings (SSSR count). The Morgan fingerprint density at radius 3 is 1.55 bits per heavy atom. The molecule has 0 unspecified atom stereocenters. The number of hydrogen-bond donors (Lipinski definition) is 8. The average Bonchev–Trinajstić information content (AvgIpc) is 3.13. The third kappa shape index (κ3) is 8.53. The number of hydrazone groups is 3. The van der Waals surface area contributed by atoms with Gasteiger partial charge in [0.1, 0.15) is 38.4 Å². The summed E-state index contributed by atoms with van der Waals surface area (Å²) in [5.41, 5.74) is 12.4. The molecule has 0 fully saturated rings. The zero-order valence-electron chi connectivity index (χ0n) is 28.0. The van der Waals surface area contributed by atoms with Crippen molar-refractivity contribution >= 4 is 94.9 Å². The van der Waals surface area contributed by atoms with Crippen molar-refractivity contribution < 1.29 is 50.5 Å². The first-order chi connectivity index (χ1) is 26.5. The molecule has 0 heterocycles. The molecule has 0 radical (unpaired) electrons. The highest BCUT2D eigenvalue weighted by molar-refractivity contribution is 7.91. The molecule has 0 atom stereocenters. The van der Waals surface area contributed by atoms with Crippen LogP contribution in [0.25, 0.3) is 6.08 Å². The van der Waals surface area contributed by atoms with Crippen molar-refractivity contribution in [1.29, 1.82) is 0 Å². The van der Waals surface area contributed by atoms with Gasteiger partial charge in [-0.1, -0.05) is 0 Å². The van der Waals surface area contributed by atoms with Crippen molar-refractivity contribution in [2.45, 2.75) is 4.90 Å². The van der Waals surface area contributed by atoms with E-state index in [4.69, 9.17) is 5.73 Å². The van der Waals surface area contributed by atoms with E-state index in [9.17, 15) is 50.5 Å². The molecule has 9 N–H and O–H groups in total. The van der Waals surface area contributed by atoms with Crippen LogP contribution < -0.4 is 22.0 Å². The molecule has 3 aliphatic carbocycles. The fourth-order valence-electron chi connectivity index (χ4n) is 4.99. The highest BCUT2D eigenvalue weighted by Gasteiger charge is 2.37. The van der Waals surface area contributed by atoms with Crippen LogP contribution in [0.15, 0.2) is 138 Å². The lowest BCUT2D eigenvalue weighted by molar-refractivity contribution is -0.111. The summed E-state index contributed by atoms with van der Waals surface area (Å²) in [6.07, 6.45) is 7.77. The van der Waals surface area contributed by atoms with Crippen LogP contribution in [0.1, 0.15) is 15.9 Å². The molecule has 20 nitrogen and oxygen atoms in total. The molecule has 3 aliphatic rings. The summed E-state index contributed by atoms with van der Waals surface area (Å²) in [6.45, 7) is 0. The van der Waals surface area contributed by atoms with Gasteiger partial charge in [0, 0.05) is 12.2 Å². The first-order valence-corrected chi connectivity index (χ1v) is 18.4. The van der Waals surface area contributed by atoms with Crippen LogP contribution in [0.3, 0.4) is 0 Å². The average molecular weight is 800 g/mol. The lowest BCUT2D eigenvalue weighted by Gasteiger charge is -2.20. The van der Waals surface area contributed by atoms with Crippen molar-refractivity contribution in [3.63, 3.8) is 0 Å². The minimum Gasteiger partial charge on any atom is -0.505 e. The van der Waals surface area contributed by atoms with Crippen molar-refractivity contribution in [3.8, 4) is 0 Å². The Morgan fingerprint density at radius 2 is 1.09 bits per heavy atom. The number of azo groups is 1. The van der Waals surface area contributed by atoms with Gasteiger partial charge >= 0.3 is 0 Å². The fraction of sp³-hybridized carbons (Fsp3) is 0. The van der Waals surface area contributed by atoms with E-state index in [-0.39, 0.29) is 34.3 Å². The number of Topliss-reactive ketones (excluding diaryl/α,β-unsaturated/α-hetero) is 1. The number of allylic oxidation sites excluding steroid dienone is 7. The number of nitrogens with one attached hydrogen (secondary N) is 3. The van der Waals surface area contributed by atoms with Crippen LogP contribution in [0.4, 0.5) is 34.1 Å². The molecule has 0 saturated carbocycles. The summed E-state index contributed by atoms with van der Waals surface area (Å²) >= 11 is 0. The van der Waals surface area contributed by atoms with Gasteiger partial charge < -0.3 is 15.9 Å². The van der Waals surface area contributed by atoms with Gasteiger partial charge in [-0.15, -0.1) is 5.11 Å². The first kappa shape index (κ1) is 38.3. The fourth-order valence-corrected chi connectivity index (χ4v) is 6.32. The molecule has 284 valence electrons. The van der Waals surface area contributed by atoms with Crippen LogP contribution >= 0.6 is 0 Å². The normalized spacial score (nSPS) is 17.9. The van der Waals surface area contributed by atoms with E-state index < -0.39 is 75.6 Å². The molecular formula is C34H25N9O11S2. The predicted molar refractivity (Wildman–Crippen MR) is 204 cm³/mol. The Bertz CT molecular complexity index is 2730. The number of carbonyl (C=O) groups is 3. The van der Waals surface area contributed by atoms with Gasteiger partial charge in [0.05, 0.1) is 34.0 Å². The molecule has 0 amide bonds. The number of carbonyl (C=O) groups excluding carboxylic acids is 3. The quantitative estimate of drug-likeness (QED) is 0.0459. The molecule has 0 saturated heterocycles. The van der Waals surface area contributed by atoms with Crippen molar-refractivity contribution in [2.24, 2.45) is 25.5 Å². The van der Waals surface area contributed by atoms with Gasteiger partial charge in [0.15, 0.2) is 17.3 Å². The van der Waals surface area contributed by atoms with Crippen molar-refractivity contribution in [2.75, 3.05) is 22.0 Å². The Balaban J connectivity index is 1.27. The molecule has 0 spiro atoms. The summed E-state index contributed by atoms with van der Waals surface area (Å²) in [4.78, 5) is 34.5. The van der Waals surface area contributed by atoms with E-state index in [1.165, 1.54) is 72.8 Å². The largest absolute Gasteiger partial charge is 0.505 e. The topological polar surface area (TPSA) is 324 Å². The third-order valence-corrected chi connectivity index (χ3v) is 9.40. The van der Waals surface area contributed by atoms with E-state index in [0.29, 0.717) is 11.4 Å². The van der Waals surface area contributed by atoms with Crippen molar-refractivity contribution in [3.05, 3.63) is 119 Å².